The molecule has 1 heterocycles. The van der Waals surface area contributed by atoms with Gasteiger partial charge in [-0.25, -0.2) is 0 Å². The zero-order valence-electron chi connectivity index (χ0n) is 10.2. The number of nitrogens with two attached hydrogens (primary N) is 1. The van der Waals surface area contributed by atoms with Crippen LogP contribution in [0.4, 0.5) is 0 Å². The number of nitrogens with zero attached hydrogens (tertiary/aromatic N) is 1. The van der Waals surface area contributed by atoms with Crippen molar-refractivity contribution in [2.24, 2.45) is 5.73 Å². The van der Waals surface area contributed by atoms with Crippen LogP contribution in [-0.2, 0) is 9.53 Å². The van der Waals surface area contributed by atoms with Crippen molar-refractivity contribution in [3.8, 4) is 0 Å². The van der Waals surface area contributed by atoms with Crippen molar-refractivity contribution in [2.75, 3.05) is 19.7 Å². The average molecular weight is 214 g/mol. The molecule has 0 saturated carbocycles. The summed E-state index contributed by atoms with van der Waals surface area (Å²) in [4.78, 5) is 13.9. The first kappa shape index (κ1) is 12.5. The standard InChI is InChI=1S/C11H22N2O2/c1-5-11(4,12)9(14)13-6-7-15-10(2,3)8-13/h5-8,12H2,1-4H3. The van der Waals surface area contributed by atoms with E-state index in [4.69, 9.17) is 10.5 Å². The van der Waals surface area contributed by atoms with Crippen LogP contribution in [0.2, 0.25) is 0 Å². The van der Waals surface area contributed by atoms with Crippen LogP contribution >= 0.6 is 0 Å². The molecular weight excluding hydrogens is 192 g/mol. The molecule has 1 aliphatic rings. The second-order valence-electron chi connectivity index (χ2n) is 5.11. The molecule has 0 aliphatic carbocycles. The topological polar surface area (TPSA) is 55.6 Å². The van der Waals surface area contributed by atoms with Crippen molar-refractivity contribution in [3.63, 3.8) is 0 Å². The number of hydrogen-bond donors (Lipinski definition) is 1. The maximum Gasteiger partial charge on any atom is 0.242 e. The van der Waals surface area contributed by atoms with E-state index in [-0.39, 0.29) is 11.5 Å². The van der Waals surface area contributed by atoms with E-state index < -0.39 is 5.54 Å². The molecule has 1 amide bonds. The van der Waals surface area contributed by atoms with E-state index in [1.165, 1.54) is 0 Å². The fourth-order valence-corrected chi connectivity index (χ4v) is 1.70. The Hall–Kier alpha value is -0.610. The van der Waals surface area contributed by atoms with Gasteiger partial charge in [0, 0.05) is 13.1 Å². The van der Waals surface area contributed by atoms with Gasteiger partial charge in [0.2, 0.25) is 5.91 Å². The molecule has 1 unspecified atom stereocenters. The summed E-state index contributed by atoms with van der Waals surface area (Å²) in [5.41, 5.74) is 4.95. The number of amides is 1. The molecule has 0 aromatic heterocycles. The summed E-state index contributed by atoms with van der Waals surface area (Å²) in [5, 5.41) is 0. The highest BCUT2D eigenvalue weighted by atomic mass is 16.5. The van der Waals surface area contributed by atoms with E-state index in [0.717, 1.165) is 0 Å². The number of rotatable bonds is 2. The Labute approximate surface area is 91.8 Å². The number of carbonyl (C=O) groups is 1. The molecule has 1 atom stereocenters. The monoisotopic (exact) mass is 214 g/mol. The van der Waals surface area contributed by atoms with Gasteiger partial charge in [0.05, 0.1) is 17.7 Å². The number of hydrogen-bond acceptors (Lipinski definition) is 3. The lowest BCUT2D eigenvalue weighted by atomic mass is 9.97. The SMILES string of the molecule is CCC(C)(N)C(=O)N1CCOC(C)(C)C1. The summed E-state index contributed by atoms with van der Waals surface area (Å²) >= 11 is 0. The van der Waals surface area contributed by atoms with Gasteiger partial charge in [-0.15, -0.1) is 0 Å². The smallest absolute Gasteiger partial charge is 0.242 e. The van der Waals surface area contributed by atoms with E-state index in [9.17, 15) is 4.79 Å². The molecule has 0 spiro atoms. The molecule has 0 aromatic carbocycles. The van der Waals surface area contributed by atoms with Gasteiger partial charge in [-0.2, -0.15) is 0 Å². The van der Waals surface area contributed by atoms with Gasteiger partial charge in [-0.3, -0.25) is 4.79 Å². The Kier molecular flexibility index (Phi) is 3.41. The molecule has 4 nitrogen and oxygen atoms in total. The van der Waals surface area contributed by atoms with Crippen LogP contribution in [0, 0.1) is 0 Å². The molecule has 4 heteroatoms. The minimum absolute atomic E-state index is 0.0291. The molecule has 0 aromatic rings. The molecule has 1 fully saturated rings. The molecule has 0 radical (unpaired) electrons. The largest absolute Gasteiger partial charge is 0.372 e. The van der Waals surface area contributed by atoms with Crippen LogP contribution in [0.3, 0.4) is 0 Å². The van der Waals surface area contributed by atoms with Crippen molar-refractivity contribution >= 4 is 5.91 Å². The normalized spacial score (nSPS) is 24.7. The summed E-state index contributed by atoms with van der Waals surface area (Å²) in [6, 6.07) is 0. The molecule has 0 bridgehead atoms. The van der Waals surface area contributed by atoms with Crippen LogP contribution < -0.4 is 5.73 Å². The van der Waals surface area contributed by atoms with E-state index in [2.05, 4.69) is 0 Å². The zero-order chi connectivity index (χ0) is 11.7. The average Bonchev–Trinajstić information content (AvgIpc) is 2.15. The van der Waals surface area contributed by atoms with E-state index >= 15 is 0 Å². The summed E-state index contributed by atoms with van der Waals surface area (Å²) in [5.74, 6) is 0.0291. The van der Waals surface area contributed by atoms with Crippen LogP contribution in [0.1, 0.15) is 34.1 Å². The van der Waals surface area contributed by atoms with Crippen molar-refractivity contribution in [3.05, 3.63) is 0 Å². The third-order valence-corrected chi connectivity index (χ3v) is 2.94. The lowest BCUT2D eigenvalue weighted by Crippen LogP contribution is -2.59. The second kappa shape index (κ2) is 4.10. The molecule has 1 rings (SSSR count). The van der Waals surface area contributed by atoms with Gasteiger partial charge in [0.1, 0.15) is 0 Å². The Morgan fingerprint density at radius 2 is 2.20 bits per heavy atom. The first-order chi connectivity index (χ1) is 6.78. The molecule has 88 valence electrons. The van der Waals surface area contributed by atoms with Gasteiger partial charge < -0.3 is 15.4 Å². The second-order valence-corrected chi connectivity index (χ2v) is 5.11. The maximum atomic E-state index is 12.1. The van der Waals surface area contributed by atoms with E-state index in [1.54, 1.807) is 6.92 Å². The minimum Gasteiger partial charge on any atom is -0.372 e. The van der Waals surface area contributed by atoms with Crippen molar-refractivity contribution in [1.29, 1.82) is 0 Å². The van der Waals surface area contributed by atoms with E-state index in [0.29, 0.717) is 26.1 Å². The lowest BCUT2D eigenvalue weighted by molar-refractivity contribution is -0.150. The minimum atomic E-state index is -0.743. The first-order valence-electron chi connectivity index (χ1n) is 5.51. The molecular formula is C11H22N2O2. The zero-order valence-corrected chi connectivity index (χ0v) is 10.2. The van der Waals surface area contributed by atoms with Crippen molar-refractivity contribution in [2.45, 2.75) is 45.3 Å². The van der Waals surface area contributed by atoms with Crippen LogP contribution in [0.15, 0.2) is 0 Å². The van der Waals surface area contributed by atoms with Gasteiger partial charge in [0.25, 0.3) is 0 Å². The van der Waals surface area contributed by atoms with Gasteiger partial charge in [-0.1, -0.05) is 6.92 Å². The summed E-state index contributed by atoms with van der Waals surface area (Å²) in [6.07, 6.45) is 0.656. The molecule has 2 N–H and O–H groups in total. The van der Waals surface area contributed by atoms with E-state index in [1.807, 2.05) is 25.7 Å². The fourth-order valence-electron chi connectivity index (χ4n) is 1.70. The summed E-state index contributed by atoms with van der Waals surface area (Å²) in [7, 11) is 0. The lowest BCUT2D eigenvalue weighted by Gasteiger charge is -2.41. The highest BCUT2D eigenvalue weighted by Gasteiger charge is 2.36. The highest BCUT2D eigenvalue weighted by Crippen LogP contribution is 2.19. The molecule has 15 heavy (non-hydrogen) atoms. The summed E-state index contributed by atoms with van der Waals surface area (Å²) in [6.45, 7) is 9.58. The number of morpholine rings is 1. The van der Waals surface area contributed by atoms with Crippen LogP contribution in [-0.4, -0.2) is 41.6 Å². The van der Waals surface area contributed by atoms with Crippen molar-refractivity contribution < 1.29 is 9.53 Å². The Morgan fingerprint density at radius 1 is 1.60 bits per heavy atom. The first-order valence-corrected chi connectivity index (χ1v) is 5.51. The Morgan fingerprint density at radius 3 is 2.67 bits per heavy atom. The van der Waals surface area contributed by atoms with Crippen LogP contribution in [0.5, 0.6) is 0 Å². The Balaban J connectivity index is 2.68. The third kappa shape index (κ3) is 2.92. The maximum absolute atomic E-state index is 12.1. The predicted molar refractivity (Wildman–Crippen MR) is 59.5 cm³/mol. The van der Waals surface area contributed by atoms with Crippen LogP contribution in [0.25, 0.3) is 0 Å². The quantitative estimate of drug-likeness (QED) is 0.738. The molecule has 1 aliphatic heterocycles. The number of carbonyl (C=O) groups excluding carboxylic acids is 1. The van der Waals surface area contributed by atoms with Crippen molar-refractivity contribution in [1.82, 2.24) is 4.90 Å². The van der Waals surface area contributed by atoms with Gasteiger partial charge in [0.15, 0.2) is 0 Å². The highest BCUT2D eigenvalue weighted by molar-refractivity contribution is 5.85. The number of ether oxygens (including phenoxy) is 1. The predicted octanol–water partition coefficient (Wildman–Crippen LogP) is 0.751. The summed E-state index contributed by atoms with van der Waals surface area (Å²) < 4.78 is 5.56. The molecule has 1 saturated heterocycles. The van der Waals surface area contributed by atoms with Gasteiger partial charge in [-0.05, 0) is 27.2 Å². The Bertz CT molecular complexity index is 249. The third-order valence-electron chi connectivity index (χ3n) is 2.94. The van der Waals surface area contributed by atoms with Gasteiger partial charge >= 0.3 is 0 Å². The fraction of sp³-hybridized carbons (Fsp3) is 0.909.